The minimum absolute atomic E-state index is 0.0434. The van der Waals surface area contributed by atoms with Crippen LogP contribution in [0.4, 0.5) is 0 Å². The zero-order valence-corrected chi connectivity index (χ0v) is 7.34. The first-order valence-corrected chi connectivity index (χ1v) is 4.58. The Kier molecular flexibility index (Phi) is 1.62. The van der Waals surface area contributed by atoms with Crippen molar-refractivity contribution in [2.75, 3.05) is 0 Å². The highest BCUT2D eigenvalue weighted by Gasteiger charge is 2.48. The maximum atomic E-state index is 11.2. The Balaban J connectivity index is 2.32. The second-order valence-corrected chi connectivity index (χ2v) is 3.92. The molecule has 2 nitrogen and oxygen atoms in total. The van der Waals surface area contributed by atoms with Crippen molar-refractivity contribution in [1.82, 2.24) is 0 Å². The molecule has 2 aliphatic carbocycles. The molecular formula is C10H14O2. The average molecular weight is 166 g/mol. The summed E-state index contributed by atoms with van der Waals surface area (Å²) in [5, 5.41) is 10.2. The summed E-state index contributed by atoms with van der Waals surface area (Å²) in [6, 6.07) is 0. The van der Waals surface area contributed by atoms with Crippen molar-refractivity contribution in [2.45, 2.75) is 38.2 Å². The summed E-state index contributed by atoms with van der Waals surface area (Å²) in [6.45, 7) is 1.55. The quantitative estimate of drug-likeness (QED) is 0.640. The number of ketones is 1. The first-order valence-electron chi connectivity index (χ1n) is 4.58. The van der Waals surface area contributed by atoms with Crippen LogP contribution in [0.3, 0.4) is 0 Å². The van der Waals surface area contributed by atoms with Gasteiger partial charge in [0.1, 0.15) is 0 Å². The zero-order chi connectivity index (χ0) is 8.77. The normalized spacial score (nSPS) is 39.5. The third kappa shape index (κ3) is 0.876. The van der Waals surface area contributed by atoms with Gasteiger partial charge in [-0.15, -0.1) is 0 Å². The molecule has 2 atom stereocenters. The lowest BCUT2D eigenvalue weighted by Crippen LogP contribution is -2.33. The molecule has 2 rings (SSSR count). The van der Waals surface area contributed by atoms with Crippen molar-refractivity contribution in [2.24, 2.45) is 5.92 Å². The van der Waals surface area contributed by atoms with E-state index in [1.165, 1.54) is 0 Å². The van der Waals surface area contributed by atoms with E-state index in [1.54, 1.807) is 6.92 Å². The van der Waals surface area contributed by atoms with Gasteiger partial charge in [0.15, 0.2) is 5.78 Å². The van der Waals surface area contributed by atoms with Gasteiger partial charge in [-0.1, -0.05) is 6.08 Å². The summed E-state index contributed by atoms with van der Waals surface area (Å²) in [7, 11) is 0. The molecule has 1 fully saturated rings. The molecular weight excluding hydrogens is 152 g/mol. The van der Waals surface area contributed by atoms with Gasteiger partial charge < -0.3 is 5.11 Å². The van der Waals surface area contributed by atoms with Crippen LogP contribution in [0.2, 0.25) is 0 Å². The summed E-state index contributed by atoms with van der Waals surface area (Å²) < 4.78 is 0. The van der Waals surface area contributed by atoms with Crippen molar-refractivity contribution in [3.8, 4) is 0 Å². The van der Waals surface area contributed by atoms with Crippen LogP contribution in [0.5, 0.6) is 0 Å². The fourth-order valence-corrected chi connectivity index (χ4v) is 2.61. The Hall–Kier alpha value is -0.630. The Bertz CT molecular complexity index is 255. The zero-order valence-electron chi connectivity index (χ0n) is 7.34. The molecule has 0 aromatic rings. The molecule has 0 aromatic heterocycles. The molecule has 1 N–H and O–H groups in total. The van der Waals surface area contributed by atoms with Crippen LogP contribution < -0.4 is 0 Å². The Morgan fingerprint density at radius 1 is 1.75 bits per heavy atom. The molecule has 0 radical (unpaired) electrons. The topological polar surface area (TPSA) is 37.3 Å². The molecule has 0 heterocycles. The van der Waals surface area contributed by atoms with E-state index in [9.17, 15) is 9.90 Å². The number of aliphatic hydroxyl groups is 1. The molecule has 0 amide bonds. The highest BCUT2D eigenvalue weighted by Crippen LogP contribution is 2.47. The van der Waals surface area contributed by atoms with E-state index < -0.39 is 5.60 Å². The van der Waals surface area contributed by atoms with Crippen molar-refractivity contribution in [1.29, 1.82) is 0 Å². The van der Waals surface area contributed by atoms with E-state index in [0.29, 0.717) is 11.5 Å². The van der Waals surface area contributed by atoms with E-state index in [-0.39, 0.29) is 5.78 Å². The van der Waals surface area contributed by atoms with Crippen LogP contribution in [0.15, 0.2) is 11.6 Å². The maximum absolute atomic E-state index is 11.2. The number of hydrogen-bond acceptors (Lipinski definition) is 2. The van der Waals surface area contributed by atoms with Gasteiger partial charge >= 0.3 is 0 Å². The third-order valence-electron chi connectivity index (χ3n) is 3.24. The largest absolute Gasteiger partial charge is 0.385 e. The van der Waals surface area contributed by atoms with E-state index in [0.717, 1.165) is 25.7 Å². The predicted molar refractivity (Wildman–Crippen MR) is 45.7 cm³/mol. The third-order valence-corrected chi connectivity index (χ3v) is 3.24. The van der Waals surface area contributed by atoms with Crippen LogP contribution in [-0.2, 0) is 4.79 Å². The summed E-state index contributed by atoms with van der Waals surface area (Å²) in [6.07, 6.45) is 5.73. The lowest BCUT2D eigenvalue weighted by molar-refractivity contribution is -0.116. The minimum atomic E-state index is -0.744. The second-order valence-electron chi connectivity index (χ2n) is 3.92. The summed E-state index contributed by atoms with van der Waals surface area (Å²) in [5.74, 6) is 0.373. The average Bonchev–Trinajstić information content (AvgIpc) is 2.42. The fraction of sp³-hybridized carbons (Fsp3) is 0.700. The van der Waals surface area contributed by atoms with Crippen molar-refractivity contribution < 1.29 is 9.90 Å². The van der Waals surface area contributed by atoms with Gasteiger partial charge in [0.05, 0.1) is 5.60 Å². The van der Waals surface area contributed by atoms with Crippen LogP contribution in [0, 0.1) is 5.92 Å². The minimum Gasteiger partial charge on any atom is -0.385 e. The molecule has 0 saturated heterocycles. The number of allylic oxidation sites excluding steroid dienone is 1. The number of fused-ring (bicyclic) bond motifs is 1. The number of rotatable bonds is 1. The standard InChI is InChI=1S/C10H14O2/c1-7(11)9-5-4-8-3-2-6-10(8,9)12/h5,8,12H,2-4,6H2,1H3/t8-,10+/m0/s1. The number of Topliss-reactive ketones (excluding diaryl/α,β-unsaturated/α-hetero) is 1. The lowest BCUT2D eigenvalue weighted by Gasteiger charge is -2.25. The molecule has 12 heavy (non-hydrogen) atoms. The molecule has 2 heteroatoms. The highest BCUT2D eigenvalue weighted by atomic mass is 16.3. The SMILES string of the molecule is CC(=O)C1=CC[C@@H]2CCC[C@]12O. The fourth-order valence-electron chi connectivity index (χ4n) is 2.61. The van der Waals surface area contributed by atoms with Crippen molar-refractivity contribution in [3.05, 3.63) is 11.6 Å². The van der Waals surface area contributed by atoms with Gasteiger partial charge in [0, 0.05) is 5.57 Å². The van der Waals surface area contributed by atoms with Crippen molar-refractivity contribution in [3.63, 3.8) is 0 Å². The molecule has 0 bridgehead atoms. The summed E-state index contributed by atoms with van der Waals surface area (Å²) in [4.78, 5) is 11.2. The molecule has 2 aliphatic rings. The Morgan fingerprint density at radius 2 is 2.50 bits per heavy atom. The van der Waals surface area contributed by atoms with Crippen LogP contribution in [0.25, 0.3) is 0 Å². The summed E-state index contributed by atoms with van der Waals surface area (Å²) >= 11 is 0. The van der Waals surface area contributed by atoms with E-state index in [4.69, 9.17) is 0 Å². The monoisotopic (exact) mass is 166 g/mol. The highest BCUT2D eigenvalue weighted by molar-refractivity contribution is 5.96. The number of carbonyl (C=O) groups excluding carboxylic acids is 1. The first kappa shape index (κ1) is 7.99. The smallest absolute Gasteiger partial charge is 0.158 e. The molecule has 0 unspecified atom stereocenters. The Labute approximate surface area is 72.3 Å². The van der Waals surface area contributed by atoms with E-state index in [2.05, 4.69) is 0 Å². The van der Waals surface area contributed by atoms with Gasteiger partial charge in [-0.05, 0) is 38.5 Å². The Morgan fingerprint density at radius 3 is 3.17 bits per heavy atom. The molecule has 0 aromatic carbocycles. The van der Waals surface area contributed by atoms with Crippen LogP contribution in [0.1, 0.15) is 32.6 Å². The van der Waals surface area contributed by atoms with Gasteiger partial charge in [0.2, 0.25) is 0 Å². The molecule has 0 spiro atoms. The summed E-state index contributed by atoms with van der Waals surface area (Å²) in [5.41, 5.74) is -0.0729. The molecule has 0 aliphatic heterocycles. The van der Waals surface area contributed by atoms with Crippen molar-refractivity contribution >= 4 is 5.78 Å². The maximum Gasteiger partial charge on any atom is 0.158 e. The number of hydrogen-bond donors (Lipinski definition) is 1. The molecule has 1 saturated carbocycles. The number of carbonyl (C=O) groups is 1. The van der Waals surface area contributed by atoms with E-state index in [1.807, 2.05) is 6.08 Å². The molecule has 66 valence electrons. The van der Waals surface area contributed by atoms with Gasteiger partial charge in [-0.2, -0.15) is 0 Å². The van der Waals surface area contributed by atoms with E-state index >= 15 is 0 Å². The second kappa shape index (κ2) is 2.43. The van der Waals surface area contributed by atoms with Gasteiger partial charge in [-0.25, -0.2) is 0 Å². The van der Waals surface area contributed by atoms with Gasteiger partial charge in [0.25, 0.3) is 0 Å². The predicted octanol–water partition coefficient (Wildman–Crippen LogP) is 1.44. The lowest BCUT2D eigenvalue weighted by atomic mass is 9.87. The van der Waals surface area contributed by atoms with Crippen LogP contribution >= 0.6 is 0 Å². The van der Waals surface area contributed by atoms with Gasteiger partial charge in [-0.3, -0.25) is 4.79 Å². The first-order chi connectivity index (χ1) is 5.64. The van der Waals surface area contributed by atoms with Crippen LogP contribution in [-0.4, -0.2) is 16.5 Å².